The molecule has 3 atom stereocenters. The van der Waals surface area contributed by atoms with E-state index in [2.05, 4.69) is 19.9 Å². The van der Waals surface area contributed by atoms with Crippen LogP contribution in [0.25, 0.3) is 32.9 Å². The van der Waals surface area contributed by atoms with Gasteiger partial charge in [0.25, 0.3) is 6.43 Å². The number of fused-ring (bicyclic) bond motifs is 2. The van der Waals surface area contributed by atoms with Crippen molar-refractivity contribution in [2.45, 2.75) is 69.6 Å². The second-order valence-electron chi connectivity index (χ2n) is 12.5. The molecule has 0 amide bonds. The van der Waals surface area contributed by atoms with E-state index in [9.17, 15) is 18.3 Å². The number of pyridine rings is 1. The molecule has 4 aromatic rings. The van der Waals surface area contributed by atoms with Gasteiger partial charge in [0.05, 0.1) is 19.7 Å². The molecule has 46 heavy (non-hydrogen) atoms. The maximum atomic E-state index is 16.3. The largest absolute Gasteiger partial charge is 0.508 e. The van der Waals surface area contributed by atoms with Crippen molar-refractivity contribution in [2.24, 2.45) is 0 Å². The average Bonchev–Trinajstić information content (AvgIpc) is 3.70. The van der Waals surface area contributed by atoms with Gasteiger partial charge in [-0.3, -0.25) is 4.90 Å². The highest BCUT2D eigenvalue weighted by Crippen LogP contribution is 2.49. The summed E-state index contributed by atoms with van der Waals surface area (Å²) in [5, 5.41) is 11.5. The van der Waals surface area contributed by atoms with Gasteiger partial charge in [-0.15, -0.1) is 0 Å². The molecular weight excluding hydrogens is 609 g/mol. The van der Waals surface area contributed by atoms with Crippen LogP contribution in [0.3, 0.4) is 0 Å². The number of hydrogen-bond donors (Lipinski definition) is 1. The molecule has 2 aromatic heterocycles. The Bertz CT molecular complexity index is 1790. The molecule has 0 radical (unpaired) electrons. The van der Waals surface area contributed by atoms with Gasteiger partial charge < -0.3 is 19.5 Å². The monoisotopic (exact) mass is 643 g/mol. The summed E-state index contributed by atoms with van der Waals surface area (Å²) in [7, 11) is 1.29. The van der Waals surface area contributed by atoms with Gasteiger partial charge in [0.2, 0.25) is 5.88 Å². The molecule has 3 fully saturated rings. The normalized spacial score (nSPS) is 22.5. The molecule has 1 N–H and O–H groups in total. The van der Waals surface area contributed by atoms with E-state index in [0.717, 1.165) is 25.8 Å². The van der Waals surface area contributed by atoms with Crippen molar-refractivity contribution in [3.63, 3.8) is 0 Å². The van der Waals surface area contributed by atoms with Crippen LogP contribution in [-0.4, -0.2) is 83.0 Å². The van der Waals surface area contributed by atoms with E-state index in [1.165, 1.54) is 49.1 Å². The summed E-state index contributed by atoms with van der Waals surface area (Å²) in [6.07, 6.45) is 1.72. The maximum Gasteiger partial charge on any atom is 0.318 e. The first kappa shape index (κ1) is 30.6. The molecule has 2 saturated heterocycles. The van der Waals surface area contributed by atoms with E-state index in [4.69, 9.17) is 9.47 Å². The fourth-order valence-corrected chi connectivity index (χ4v) is 7.04. The summed E-state index contributed by atoms with van der Waals surface area (Å²) in [6, 6.07) is 5.53. The Hall–Kier alpha value is -4.00. The zero-order valence-electron chi connectivity index (χ0n) is 25.4. The third kappa shape index (κ3) is 5.52. The predicted molar refractivity (Wildman–Crippen MR) is 163 cm³/mol. The SMILES string of the molecule is COc1nc2c3c(nc(-c4cc(O)cc5ccc(F)c(C6CC6)c45)c(F)c3n1)OC[C@H](C)N2CC(F)F.FC1CC2CCCN2C1. The van der Waals surface area contributed by atoms with Crippen LogP contribution >= 0.6 is 0 Å². The first-order valence-electron chi connectivity index (χ1n) is 15.6. The first-order chi connectivity index (χ1) is 22.1. The molecule has 2 unspecified atom stereocenters. The Morgan fingerprint density at radius 1 is 1.09 bits per heavy atom. The molecule has 5 heterocycles. The Labute approximate surface area is 262 Å². The van der Waals surface area contributed by atoms with Crippen molar-refractivity contribution >= 4 is 27.5 Å². The highest BCUT2D eigenvalue weighted by atomic mass is 19.3. The van der Waals surface area contributed by atoms with Crippen LogP contribution in [-0.2, 0) is 0 Å². The van der Waals surface area contributed by atoms with E-state index in [-0.39, 0.29) is 58.1 Å². The van der Waals surface area contributed by atoms with Gasteiger partial charge in [-0.2, -0.15) is 9.97 Å². The number of aromatic nitrogens is 3. The molecule has 1 aliphatic carbocycles. The van der Waals surface area contributed by atoms with Crippen molar-refractivity contribution in [1.29, 1.82) is 0 Å². The summed E-state index contributed by atoms with van der Waals surface area (Å²) in [5.74, 6) is -1.51. The highest BCUT2D eigenvalue weighted by molar-refractivity contribution is 6.03. The lowest BCUT2D eigenvalue weighted by Gasteiger charge is -2.28. The molecular formula is C33H34F5N5O3. The van der Waals surface area contributed by atoms with Gasteiger partial charge in [0, 0.05) is 18.2 Å². The summed E-state index contributed by atoms with van der Waals surface area (Å²) in [5.41, 5.74) is 0.170. The van der Waals surface area contributed by atoms with Crippen molar-refractivity contribution < 1.29 is 36.5 Å². The number of nitrogens with zero attached hydrogens (tertiary/aromatic N) is 5. The molecule has 3 aliphatic heterocycles. The third-order valence-corrected chi connectivity index (χ3v) is 9.28. The quantitative estimate of drug-likeness (QED) is 0.239. The minimum atomic E-state index is -2.69. The molecule has 8 nitrogen and oxygen atoms in total. The third-order valence-electron chi connectivity index (χ3n) is 9.28. The first-order valence-corrected chi connectivity index (χ1v) is 15.6. The van der Waals surface area contributed by atoms with Gasteiger partial charge in [-0.05, 0) is 86.0 Å². The zero-order chi connectivity index (χ0) is 32.3. The Morgan fingerprint density at radius 3 is 2.61 bits per heavy atom. The predicted octanol–water partition coefficient (Wildman–Crippen LogP) is 6.76. The van der Waals surface area contributed by atoms with Gasteiger partial charge >= 0.3 is 6.01 Å². The number of phenolic OH excluding ortho intramolecular Hbond substituents is 1. The number of phenols is 1. The van der Waals surface area contributed by atoms with Gasteiger partial charge in [-0.1, -0.05) is 6.07 Å². The van der Waals surface area contributed by atoms with Crippen molar-refractivity contribution in [3.05, 3.63) is 41.5 Å². The number of benzene rings is 2. The molecule has 0 spiro atoms. The van der Waals surface area contributed by atoms with Gasteiger partial charge in [0.1, 0.15) is 46.8 Å². The topological polar surface area (TPSA) is 83.8 Å². The van der Waals surface area contributed by atoms with E-state index >= 15 is 8.78 Å². The lowest BCUT2D eigenvalue weighted by atomic mass is 9.93. The lowest BCUT2D eigenvalue weighted by molar-refractivity contribution is 0.149. The molecule has 1 saturated carbocycles. The van der Waals surface area contributed by atoms with Crippen LogP contribution in [0, 0.1) is 11.6 Å². The molecule has 8 rings (SSSR count). The number of alkyl halides is 3. The van der Waals surface area contributed by atoms with Crippen molar-refractivity contribution in [1.82, 2.24) is 19.9 Å². The summed E-state index contributed by atoms with van der Waals surface area (Å²) in [4.78, 5) is 16.5. The summed E-state index contributed by atoms with van der Waals surface area (Å²) < 4.78 is 81.9. The van der Waals surface area contributed by atoms with Gasteiger partial charge in [-0.25, -0.2) is 26.9 Å². The summed E-state index contributed by atoms with van der Waals surface area (Å²) >= 11 is 0. The molecule has 0 bridgehead atoms. The Morgan fingerprint density at radius 2 is 1.89 bits per heavy atom. The molecule has 244 valence electrons. The number of anilines is 1. The fourth-order valence-electron chi connectivity index (χ4n) is 7.04. The number of halogens is 5. The fraction of sp³-hybridized carbons (Fsp3) is 0.485. The average molecular weight is 644 g/mol. The van der Waals surface area contributed by atoms with Crippen LogP contribution in [0.2, 0.25) is 0 Å². The maximum absolute atomic E-state index is 16.3. The van der Waals surface area contributed by atoms with Crippen LogP contribution in [0.4, 0.5) is 27.8 Å². The Kier molecular flexibility index (Phi) is 7.98. The van der Waals surface area contributed by atoms with Crippen LogP contribution in [0.15, 0.2) is 24.3 Å². The van der Waals surface area contributed by atoms with E-state index in [1.807, 2.05) is 0 Å². The van der Waals surface area contributed by atoms with E-state index in [0.29, 0.717) is 28.9 Å². The van der Waals surface area contributed by atoms with E-state index < -0.39 is 36.8 Å². The van der Waals surface area contributed by atoms with Crippen LogP contribution < -0.4 is 14.4 Å². The van der Waals surface area contributed by atoms with Crippen molar-refractivity contribution in [2.75, 3.05) is 38.3 Å². The second kappa shape index (κ2) is 12.0. The second-order valence-corrected chi connectivity index (χ2v) is 12.5. The number of rotatable bonds is 5. The number of hydrogen-bond acceptors (Lipinski definition) is 8. The van der Waals surface area contributed by atoms with Crippen LogP contribution in [0.5, 0.6) is 17.6 Å². The Balaban J connectivity index is 0.000000321. The standard InChI is InChI=1S/C26H22F4N4O3.C7H12FN/c1-11-10-37-25-20-23(32-26(36-2)33-24(20)34(11)9-17(28)29)21(30)22(31-25)15-8-14(35)7-13-5-6-16(27)19(18(13)15)12-3-4-12;8-6-4-7-2-1-3-9(7)5-6/h5-8,11-12,17,35H,3-4,9-10H2,1-2H3;6-7H,1-5H2/t11-;/m0./s1. The smallest absolute Gasteiger partial charge is 0.318 e. The summed E-state index contributed by atoms with van der Waals surface area (Å²) in [6.45, 7) is 2.85. The molecule has 2 aromatic carbocycles. The minimum absolute atomic E-state index is 0.0191. The zero-order valence-corrected chi connectivity index (χ0v) is 25.4. The molecule has 13 heteroatoms. The number of aromatic hydroxyl groups is 1. The molecule has 4 aliphatic rings. The number of methoxy groups -OCH3 is 1. The van der Waals surface area contributed by atoms with Crippen LogP contribution in [0.1, 0.15) is 50.5 Å². The van der Waals surface area contributed by atoms with E-state index in [1.54, 1.807) is 6.92 Å². The number of ether oxygens (including phenoxy) is 2. The minimum Gasteiger partial charge on any atom is -0.508 e. The highest BCUT2D eigenvalue weighted by Gasteiger charge is 2.36. The lowest BCUT2D eigenvalue weighted by Crippen LogP contribution is -2.40. The van der Waals surface area contributed by atoms with Gasteiger partial charge in [0.15, 0.2) is 5.82 Å². The van der Waals surface area contributed by atoms with Crippen molar-refractivity contribution in [3.8, 4) is 28.9 Å².